The first-order valence-electron chi connectivity index (χ1n) is 7.19. The molecule has 0 amide bonds. The van der Waals surface area contributed by atoms with Crippen molar-refractivity contribution in [2.24, 2.45) is 4.99 Å². The molecule has 0 aliphatic heterocycles. The quantitative estimate of drug-likeness (QED) is 0.480. The Morgan fingerprint density at radius 2 is 2.05 bits per heavy atom. The number of hydrogen-bond acceptors (Lipinski definition) is 3. The van der Waals surface area contributed by atoms with E-state index in [-0.39, 0.29) is 0 Å². The summed E-state index contributed by atoms with van der Waals surface area (Å²) < 4.78 is 5.53. The molecule has 1 aromatic carbocycles. The molecule has 1 fully saturated rings. The second kappa shape index (κ2) is 5.23. The summed E-state index contributed by atoms with van der Waals surface area (Å²) in [6, 6.07) is 2.17. The number of methoxy groups -OCH3 is 1. The van der Waals surface area contributed by atoms with Crippen LogP contribution in [0.25, 0.3) is 0 Å². The number of aliphatic imine (C=N–C) groups is 1. The predicted molar refractivity (Wildman–Crippen MR) is 78.3 cm³/mol. The van der Waals surface area contributed by atoms with E-state index in [0.717, 1.165) is 31.2 Å². The summed E-state index contributed by atoms with van der Waals surface area (Å²) in [5, 5.41) is 0.717. The highest BCUT2D eigenvalue weighted by molar-refractivity contribution is 6.33. The third kappa shape index (κ3) is 2.15. The van der Waals surface area contributed by atoms with Gasteiger partial charge in [-0.05, 0) is 55.7 Å². The number of aryl methyl sites for hydroxylation is 1. The third-order valence-corrected chi connectivity index (χ3v) is 4.88. The van der Waals surface area contributed by atoms with Gasteiger partial charge in [-0.1, -0.05) is 18.0 Å². The van der Waals surface area contributed by atoms with E-state index in [4.69, 9.17) is 16.3 Å². The fourth-order valence-electron chi connectivity index (χ4n) is 3.20. The lowest BCUT2D eigenvalue weighted by Crippen LogP contribution is -2.09. The summed E-state index contributed by atoms with van der Waals surface area (Å²) in [5.74, 6) is 0.698. The molecule has 0 spiro atoms. The van der Waals surface area contributed by atoms with Crippen LogP contribution in [-0.4, -0.2) is 13.2 Å². The van der Waals surface area contributed by atoms with Gasteiger partial charge in [-0.25, -0.2) is 4.79 Å². The van der Waals surface area contributed by atoms with Gasteiger partial charge in [0, 0.05) is 5.56 Å². The lowest BCUT2D eigenvalue weighted by molar-refractivity contribution is 0.404. The van der Waals surface area contributed by atoms with Gasteiger partial charge in [0.2, 0.25) is 6.08 Å². The van der Waals surface area contributed by atoms with Gasteiger partial charge in [-0.15, -0.1) is 0 Å². The molecule has 1 aromatic rings. The average molecular weight is 292 g/mol. The van der Waals surface area contributed by atoms with Crippen molar-refractivity contribution in [2.75, 3.05) is 7.11 Å². The lowest BCUT2D eigenvalue weighted by Gasteiger charge is -2.20. The Hall–Kier alpha value is -1.31. The van der Waals surface area contributed by atoms with E-state index in [1.54, 1.807) is 13.2 Å². The van der Waals surface area contributed by atoms with Crippen molar-refractivity contribution in [1.82, 2.24) is 0 Å². The molecule has 0 aromatic heterocycles. The fraction of sp³-hybridized carbons (Fsp3) is 0.562. The molecule has 0 heterocycles. The SMILES string of the molecule is COc1c(C2(N=C=O)CC2)cc2c(c1Cl)CCCCC2. The Morgan fingerprint density at radius 3 is 2.70 bits per heavy atom. The van der Waals surface area contributed by atoms with Crippen LogP contribution in [0.15, 0.2) is 11.1 Å². The molecule has 2 aliphatic rings. The van der Waals surface area contributed by atoms with Gasteiger partial charge in [0.1, 0.15) is 11.3 Å². The van der Waals surface area contributed by atoms with Crippen molar-refractivity contribution in [3.63, 3.8) is 0 Å². The summed E-state index contributed by atoms with van der Waals surface area (Å²) in [5.41, 5.74) is 3.05. The smallest absolute Gasteiger partial charge is 0.235 e. The normalized spacial score (nSPS) is 19.5. The topological polar surface area (TPSA) is 38.7 Å². The maximum absolute atomic E-state index is 10.7. The molecule has 2 aliphatic carbocycles. The number of benzene rings is 1. The van der Waals surface area contributed by atoms with Crippen molar-refractivity contribution in [2.45, 2.75) is 50.5 Å². The van der Waals surface area contributed by atoms with E-state index in [1.807, 2.05) is 0 Å². The fourth-order valence-corrected chi connectivity index (χ4v) is 3.60. The molecule has 3 nitrogen and oxygen atoms in total. The number of rotatable bonds is 3. The van der Waals surface area contributed by atoms with Gasteiger partial charge in [-0.3, -0.25) is 0 Å². The third-order valence-electron chi connectivity index (χ3n) is 4.48. The Morgan fingerprint density at radius 1 is 1.30 bits per heavy atom. The number of nitrogens with zero attached hydrogens (tertiary/aromatic N) is 1. The molecule has 106 valence electrons. The summed E-state index contributed by atoms with van der Waals surface area (Å²) in [6.07, 6.45) is 9.11. The summed E-state index contributed by atoms with van der Waals surface area (Å²) >= 11 is 6.57. The van der Waals surface area contributed by atoms with Gasteiger partial charge in [0.15, 0.2) is 0 Å². The summed E-state index contributed by atoms with van der Waals surface area (Å²) in [7, 11) is 1.63. The number of fused-ring (bicyclic) bond motifs is 1. The maximum Gasteiger partial charge on any atom is 0.235 e. The number of carbonyl (C=O) groups excluding carboxylic acids is 1. The minimum absolute atomic E-state index is 0.432. The Labute approximate surface area is 124 Å². The van der Waals surface area contributed by atoms with E-state index >= 15 is 0 Å². The molecule has 0 atom stereocenters. The zero-order chi connectivity index (χ0) is 14.2. The highest BCUT2D eigenvalue weighted by Crippen LogP contribution is 2.54. The molecular weight excluding hydrogens is 274 g/mol. The highest BCUT2D eigenvalue weighted by Gasteiger charge is 2.47. The molecule has 0 unspecified atom stereocenters. The van der Waals surface area contributed by atoms with Gasteiger partial charge >= 0.3 is 0 Å². The molecule has 0 N–H and O–H groups in total. The van der Waals surface area contributed by atoms with Crippen LogP contribution in [0.1, 0.15) is 48.8 Å². The first-order chi connectivity index (χ1) is 9.72. The van der Waals surface area contributed by atoms with Gasteiger partial charge in [0.25, 0.3) is 0 Å². The van der Waals surface area contributed by atoms with Crippen LogP contribution in [0.2, 0.25) is 5.02 Å². The molecule has 1 saturated carbocycles. The zero-order valence-corrected chi connectivity index (χ0v) is 12.4. The largest absolute Gasteiger partial charge is 0.495 e. The Balaban J connectivity index is 2.17. The van der Waals surface area contributed by atoms with Crippen molar-refractivity contribution in [1.29, 1.82) is 0 Å². The monoisotopic (exact) mass is 291 g/mol. The average Bonchev–Trinajstić information content (AvgIpc) is 3.23. The molecular formula is C16H18ClNO2. The van der Waals surface area contributed by atoms with Crippen LogP contribution >= 0.6 is 11.6 Å². The standard InChI is InChI=1S/C16H18ClNO2/c1-20-15-13(16(7-8-16)18-10-19)9-11-5-3-2-4-6-12(11)14(15)17/h9H,2-8H2,1H3. The Kier molecular flexibility index (Phi) is 3.57. The van der Waals surface area contributed by atoms with Crippen molar-refractivity contribution in [3.05, 3.63) is 27.8 Å². The van der Waals surface area contributed by atoms with Crippen LogP contribution < -0.4 is 4.74 Å². The highest BCUT2D eigenvalue weighted by atomic mass is 35.5. The molecule has 0 radical (unpaired) electrons. The number of isocyanates is 1. The summed E-state index contributed by atoms with van der Waals surface area (Å²) in [4.78, 5) is 14.7. The zero-order valence-electron chi connectivity index (χ0n) is 11.7. The van der Waals surface area contributed by atoms with Crippen LogP contribution in [0.3, 0.4) is 0 Å². The second-order valence-electron chi connectivity index (χ2n) is 5.70. The van der Waals surface area contributed by atoms with Crippen LogP contribution in [0.5, 0.6) is 5.75 Å². The van der Waals surface area contributed by atoms with Crippen molar-refractivity contribution < 1.29 is 9.53 Å². The van der Waals surface area contributed by atoms with Gasteiger partial charge in [0.05, 0.1) is 12.1 Å². The van der Waals surface area contributed by atoms with Crippen molar-refractivity contribution in [3.8, 4) is 5.75 Å². The van der Waals surface area contributed by atoms with E-state index in [1.165, 1.54) is 30.4 Å². The number of hydrogen-bond donors (Lipinski definition) is 0. The first-order valence-corrected chi connectivity index (χ1v) is 7.57. The predicted octanol–water partition coefficient (Wildman–Crippen LogP) is 3.94. The second-order valence-corrected chi connectivity index (χ2v) is 6.08. The minimum atomic E-state index is -0.432. The summed E-state index contributed by atoms with van der Waals surface area (Å²) in [6.45, 7) is 0. The van der Waals surface area contributed by atoms with Crippen LogP contribution in [-0.2, 0) is 23.2 Å². The van der Waals surface area contributed by atoms with Crippen LogP contribution in [0.4, 0.5) is 0 Å². The molecule has 0 bridgehead atoms. The van der Waals surface area contributed by atoms with E-state index < -0.39 is 5.54 Å². The first kappa shape index (κ1) is 13.7. The molecule has 0 saturated heterocycles. The number of halogens is 1. The molecule has 20 heavy (non-hydrogen) atoms. The van der Waals surface area contributed by atoms with E-state index in [2.05, 4.69) is 11.1 Å². The minimum Gasteiger partial charge on any atom is -0.495 e. The van der Waals surface area contributed by atoms with Crippen molar-refractivity contribution >= 4 is 17.7 Å². The van der Waals surface area contributed by atoms with Gasteiger partial charge < -0.3 is 4.74 Å². The van der Waals surface area contributed by atoms with Gasteiger partial charge in [-0.2, -0.15) is 4.99 Å². The van der Waals surface area contributed by atoms with Crippen LogP contribution in [0, 0.1) is 0 Å². The molecule has 4 heteroatoms. The maximum atomic E-state index is 10.7. The lowest BCUT2D eigenvalue weighted by atomic mass is 9.94. The number of ether oxygens (including phenoxy) is 1. The Bertz CT molecular complexity index is 587. The molecule has 3 rings (SSSR count). The van der Waals surface area contributed by atoms with E-state index in [9.17, 15) is 4.79 Å². The van der Waals surface area contributed by atoms with E-state index in [0.29, 0.717) is 10.8 Å².